The summed E-state index contributed by atoms with van der Waals surface area (Å²) in [4.78, 5) is 2.56. The molecule has 0 aromatic heterocycles. The molecular weight excluding hydrogens is 346 g/mol. The van der Waals surface area contributed by atoms with Gasteiger partial charge in [-0.15, -0.1) is 6.58 Å². The van der Waals surface area contributed by atoms with Crippen LogP contribution in [0.25, 0.3) is 0 Å². The van der Waals surface area contributed by atoms with Gasteiger partial charge in [-0.2, -0.15) is 8.42 Å². The number of hydrogen-bond donors (Lipinski definition) is 0. The monoisotopic (exact) mass is 381 g/mol. The molecule has 1 unspecified atom stereocenters. The van der Waals surface area contributed by atoms with E-state index < -0.39 is 10.1 Å². The van der Waals surface area contributed by atoms with Crippen molar-refractivity contribution in [2.24, 2.45) is 11.3 Å². The molecule has 2 saturated heterocycles. The van der Waals surface area contributed by atoms with E-state index in [4.69, 9.17) is 4.18 Å². The van der Waals surface area contributed by atoms with E-state index in [9.17, 15) is 8.42 Å². The minimum Gasteiger partial charge on any atom is -0.286 e. The third kappa shape index (κ3) is 3.67. The van der Waals surface area contributed by atoms with Gasteiger partial charge in [-0.1, -0.05) is 24.6 Å². The van der Waals surface area contributed by atoms with E-state index in [1.807, 2.05) is 0 Å². The van der Waals surface area contributed by atoms with E-state index in [1.165, 1.54) is 12.8 Å². The Kier molecular flexibility index (Phi) is 5.22. The number of hydrogen-bond acceptors (Lipinski definition) is 4. The van der Waals surface area contributed by atoms with Gasteiger partial charge in [0, 0.05) is 17.6 Å². The Morgan fingerprint density at radius 1 is 1.27 bits per heavy atom. The number of nitrogens with zero attached hydrogens (tertiary/aromatic N) is 1. The van der Waals surface area contributed by atoms with Gasteiger partial charge >= 0.3 is 0 Å². The van der Waals surface area contributed by atoms with Crippen LogP contribution >= 0.6 is 0 Å². The fourth-order valence-electron chi connectivity index (χ4n) is 5.58. The Balaban J connectivity index is 1.91. The maximum atomic E-state index is 11.6. The summed E-state index contributed by atoms with van der Waals surface area (Å²) in [5, 5.41) is 0. The molecule has 4 nitrogen and oxygen atoms in total. The summed E-state index contributed by atoms with van der Waals surface area (Å²) < 4.78 is 28.4. The normalized spacial score (nSPS) is 41.5. The highest BCUT2D eigenvalue weighted by atomic mass is 32.2. The summed E-state index contributed by atoms with van der Waals surface area (Å²) in [6.45, 7) is 12.2. The third-order valence-electron chi connectivity index (χ3n) is 7.32. The molecule has 0 spiro atoms. The average Bonchev–Trinajstić information content (AvgIpc) is 2.73. The van der Waals surface area contributed by atoms with Crippen LogP contribution in [0.1, 0.15) is 65.7 Å². The van der Waals surface area contributed by atoms with Gasteiger partial charge in [0.15, 0.2) is 0 Å². The van der Waals surface area contributed by atoms with E-state index in [0.717, 1.165) is 44.9 Å². The van der Waals surface area contributed by atoms with Gasteiger partial charge in [-0.25, -0.2) is 0 Å². The highest BCUT2D eigenvalue weighted by molar-refractivity contribution is 7.85. The molecule has 0 saturated carbocycles. The van der Waals surface area contributed by atoms with Crippen LogP contribution in [-0.2, 0) is 14.3 Å². The first kappa shape index (κ1) is 20.1. The van der Waals surface area contributed by atoms with E-state index in [1.54, 1.807) is 5.57 Å². The second kappa shape index (κ2) is 6.75. The molecule has 2 fully saturated rings. The standard InChI is InChI=1S/C21H35NO3S/c1-6-19(2)13-8-17-10-15-22-20(3,16-25-26(5,23)24)11-7-12-21(22,4)18(17)9-14-19/h6,9,17H,1,7-8,10-16H2,2-5H3/t17?,19-,20+,21+/m1/s1. The molecule has 0 bridgehead atoms. The Bertz CT molecular complexity index is 700. The lowest BCUT2D eigenvalue weighted by Crippen LogP contribution is -2.66. The van der Waals surface area contributed by atoms with Crippen molar-refractivity contribution in [1.82, 2.24) is 4.90 Å². The van der Waals surface area contributed by atoms with Gasteiger partial charge < -0.3 is 0 Å². The van der Waals surface area contributed by atoms with E-state index in [2.05, 4.69) is 44.4 Å². The first-order chi connectivity index (χ1) is 12.0. The second-order valence-electron chi connectivity index (χ2n) is 9.49. The van der Waals surface area contributed by atoms with Crippen molar-refractivity contribution in [2.75, 3.05) is 19.4 Å². The molecule has 148 valence electrons. The lowest BCUT2D eigenvalue weighted by molar-refractivity contribution is -0.0701. The minimum atomic E-state index is -3.42. The predicted octanol–water partition coefficient (Wildman–Crippen LogP) is 4.29. The van der Waals surface area contributed by atoms with Crippen LogP contribution in [0.15, 0.2) is 24.3 Å². The molecule has 5 heteroatoms. The second-order valence-corrected chi connectivity index (χ2v) is 11.1. The summed E-state index contributed by atoms with van der Waals surface area (Å²) in [7, 11) is -3.42. The number of fused-ring (bicyclic) bond motifs is 3. The first-order valence-corrected chi connectivity index (χ1v) is 11.8. The topological polar surface area (TPSA) is 46.6 Å². The fraction of sp³-hybridized carbons (Fsp3) is 0.810. The Hall–Kier alpha value is -0.650. The van der Waals surface area contributed by atoms with Crippen LogP contribution in [0.2, 0.25) is 0 Å². The molecule has 3 aliphatic rings. The molecule has 0 aromatic rings. The molecule has 0 radical (unpaired) electrons. The van der Waals surface area contributed by atoms with Gasteiger partial charge in [-0.3, -0.25) is 9.08 Å². The predicted molar refractivity (Wildman–Crippen MR) is 107 cm³/mol. The van der Waals surface area contributed by atoms with Crippen LogP contribution in [0.3, 0.4) is 0 Å². The van der Waals surface area contributed by atoms with Crippen molar-refractivity contribution in [2.45, 2.75) is 76.8 Å². The van der Waals surface area contributed by atoms with E-state index >= 15 is 0 Å². The van der Waals surface area contributed by atoms with Gasteiger partial charge in [-0.05, 0) is 70.1 Å². The lowest BCUT2D eigenvalue weighted by Gasteiger charge is -2.60. The van der Waals surface area contributed by atoms with Crippen molar-refractivity contribution < 1.29 is 12.6 Å². The van der Waals surface area contributed by atoms with Crippen LogP contribution in [0.4, 0.5) is 0 Å². The largest absolute Gasteiger partial charge is 0.286 e. The smallest absolute Gasteiger partial charge is 0.264 e. The SMILES string of the molecule is C=C[C@@]1(C)CC=C2C(CCN3[C@](C)(COS(C)(=O)=O)CCC[C@@]23C)CC1. The average molecular weight is 382 g/mol. The maximum Gasteiger partial charge on any atom is 0.264 e. The maximum absolute atomic E-state index is 11.6. The Morgan fingerprint density at radius 3 is 2.65 bits per heavy atom. The summed E-state index contributed by atoms with van der Waals surface area (Å²) in [5.74, 6) is 0.649. The lowest BCUT2D eigenvalue weighted by atomic mass is 9.67. The zero-order valence-electron chi connectivity index (χ0n) is 16.9. The van der Waals surface area contributed by atoms with Gasteiger partial charge in [0.25, 0.3) is 10.1 Å². The molecule has 2 heterocycles. The molecule has 1 aliphatic carbocycles. The zero-order chi connectivity index (χ0) is 19.2. The summed E-state index contributed by atoms with van der Waals surface area (Å²) in [6.07, 6.45) is 13.7. The Morgan fingerprint density at radius 2 is 2.00 bits per heavy atom. The molecule has 4 atom stereocenters. The molecular formula is C21H35NO3S. The quantitative estimate of drug-likeness (QED) is 0.538. The molecule has 0 N–H and O–H groups in total. The van der Waals surface area contributed by atoms with Crippen molar-refractivity contribution in [3.05, 3.63) is 24.3 Å². The highest BCUT2D eigenvalue weighted by Gasteiger charge is 2.52. The van der Waals surface area contributed by atoms with Crippen LogP contribution < -0.4 is 0 Å². The van der Waals surface area contributed by atoms with E-state index in [0.29, 0.717) is 5.92 Å². The summed E-state index contributed by atoms with van der Waals surface area (Å²) >= 11 is 0. The molecule has 0 amide bonds. The molecule has 0 aromatic carbocycles. The third-order valence-corrected chi connectivity index (χ3v) is 7.86. The summed E-state index contributed by atoms with van der Waals surface area (Å²) in [6, 6.07) is 0. The summed E-state index contributed by atoms with van der Waals surface area (Å²) in [5.41, 5.74) is 1.57. The number of allylic oxidation sites excluding steroid dienone is 2. The minimum absolute atomic E-state index is 0.0171. The van der Waals surface area contributed by atoms with Crippen molar-refractivity contribution in [1.29, 1.82) is 0 Å². The van der Waals surface area contributed by atoms with Gasteiger partial charge in [0.1, 0.15) is 0 Å². The van der Waals surface area contributed by atoms with E-state index in [-0.39, 0.29) is 23.1 Å². The Labute approximate surface area is 159 Å². The molecule has 2 aliphatic heterocycles. The van der Waals surface area contributed by atoms with Crippen molar-refractivity contribution in [3.63, 3.8) is 0 Å². The fourth-order valence-corrected chi connectivity index (χ4v) is 6.05. The molecule has 26 heavy (non-hydrogen) atoms. The van der Waals surface area contributed by atoms with Crippen LogP contribution in [-0.4, -0.2) is 43.8 Å². The van der Waals surface area contributed by atoms with Crippen LogP contribution in [0.5, 0.6) is 0 Å². The van der Waals surface area contributed by atoms with Crippen LogP contribution in [0, 0.1) is 11.3 Å². The number of rotatable bonds is 4. The van der Waals surface area contributed by atoms with Crippen molar-refractivity contribution >= 4 is 10.1 Å². The first-order valence-electron chi connectivity index (χ1n) is 9.98. The zero-order valence-corrected chi connectivity index (χ0v) is 17.7. The van der Waals surface area contributed by atoms with Gasteiger partial charge in [0.05, 0.1) is 12.9 Å². The molecule has 3 rings (SSSR count). The van der Waals surface area contributed by atoms with Gasteiger partial charge in [0.2, 0.25) is 0 Å². The van der Waals surface area contributed by atoms with Crippen molar-refractivity contribution in [3.8, 4) is 0 Å². The highest BCUT2D eigenvalue weighted by Crippen LogP contribution is 2.52. The number of piperidine rings is 2.